The second kappa shape index (κ2) is 6.47. The third kappa shape index (κ3) is 1.84. The predicted octanol–water partition coefficient (Wildman–Crippen LogP) is 1.17. The molecule has 5 bridgehead atoms. The molecule has 1 aromatic rings. The molecule has 1 N–H and O–H groups in total. The number of methoxy groups -OCH3 is 4. The molecule has 3 spiro atoms. The fourth-order valence-electron chi connectivity index (χ4n) is 9.63. The van der Waals surface area contributed by atoms with Gasteiger partial charge in [0.15, 0.2) is 0 Å². The quantitative estimate of drug-likeness (QED) is 0.630. The third-order valence-electron chi connectivity index (χ3n) is 10.3. The number of nitrogens with zero attached hydrogens (tertiary/aromatic N) is 2. The third-order valence-corrected chi connectivity index (χ3v) is 10.3. The molecule has 5 heterocycles. The Labute approximate surface area is 203 Å². The molecule has 35 heavy (non-hydrogen) atoms. The summed E-state index contributed by atoms with van der Waals surface area (Å²) in [7, 11) is 5.82. The Morgan fingerprint density at radius 3 is 2.60 bits per heavy atom. The number of amides is 1. The van der Waals surface area contributed by atoms with E-state index in [0.29, 0.717) is 43.7 Å². The normalized spacial score (nSPS) is 45.8. The van der Waals surface area contributed by atoms with Crippen molar-refractivity contribution in [3.63, 3.8) is 0 Å². The Kier molecular flexibility index (Phi) is 4.04. The Morgan fingerprint density at radius 2 is 1.91 bits per heavy atom. The van der Waals surface area contributed by atoms with Crippen molar-refractivity contribution in [3.05, 3.63) is 23.8 Å². The van der Waals surface area contributed by atoms with Crippen LogP contribution in [0.25, 0.3) is 0 Å². The van der Waals surface area contributed by atoms with Gasteiger partial charge in [-0.3, -0.25) is 9.80 Å². The minimum absolute atomic E-state index is 0.100. The van der Waals surface area contributed by atoms with Gasteiger partial charge in [-0.05, 0) is 30.9 Å². The van der Waals surface area contributed by atoms with Gasteiger partial charge in [-0.25, -0.2) is 9.59 Å². The zero-order valence-corrected chi connectivity index (χ0v) is 20.3. The van der Waals surface area contributed by atoms with Gasteiger partial charge in [-0.2, -0.15) is 0 Å². The summed E-state index contributed by atoms with van der Waals surface area (Å²) in [5.41, 5.74) is -3.54. The largest absolute Gasteiger partial charge is 0.495 e. The van der Waals surface area contributed by atoms with Crippen molar-refractivity contribution in [2.24, 2.45) is 5.41 Å². The van der Waals surface area contributed by atoms with Crippen LogP contribution in [0.3, 0.4) is 0 Å². The molecule has 10 nitrogen and oxygen atoms in total. The van der Waals surface area contributed by atoms with Gasteiger partial charge >= 0.3 is 12.1 Å². The van der Waals surface area contributed by atoms with Crippen molar-refractivity contribution in [1.29, 1.82) is 0 Å². The molecule has 8 aliphatic rings. The number of ether oxygens (including phenoxy) is 5. The number of anilines is 1. The van der Waals surface area contributed by atoms with Crippen molar-refractivity contribution in [3.8, 4) is 5.75 Å². The van der Waals surface area contributed by atoms with Gasteiger partial charge < -0.3 is 28.8 Å². The van der Waals surface area contributed by atoms with Crippen LogP contribution in [-0.2, 0) is 29.2 Å². The van der Waals surface area contributed by atoms with Crippen LogP contribution in [0, 0.1) is 5.41 Å². The molecule has 7 fully saturated rings. The fourth-order valence-corrected chi connectivity index (χ4v) is 9.63. The summed E-state index contributed by atoms with van der Waals surface area (Å²) in [6.07, 6.45) is 0.209. The van der Waals surface area contributed by atoms with Gasteiger partial charge in [-0.15, -0.1) is 0 Å². The first-order valence-corrected chi connectivity index (χ1v) is 12.2. The summed E-state index contributed by atoms with van der Waals surface area (Å²) < 4.78 is 29.0. The number of carbonyl (C=O) groups is 2. The predicted molar refractivity (Wildman–Crippen MR) is 120 cm³/mol. The number of para-hydroxylation sites is 1. The molecule has 0 radical (unpaired) electrons. The average molecular weight is 487 g/mol. The number of benzene rings is 1. The fraction of sp³-hybridized carbons (Fsp3) is 0.680. The summed E-state index contributed by atoms with van der Waals surface area (Å²) in [4.78, 5) is 31.3. The molecular weight excluding hydrogens is 456 g/mol. The minimum atomic E-state index is -2.15. The zero-order valence-electron chi connectivity index (χ0n) is 20.3. The highest BCUT2D eigenvalue weighted by Crippen LogP contribution is 2.80. The van der Waals surface area contributed by atoms with Gasteiger partial charge in [0.25, 0.3) is 0 Å². The maximum atomic E-state index is 13.8. The molecule has 1 amide bonds. The number of carbonyl (C=O) groups excluding carboxylic acids is 2. The summed E-state index contributed by atoms with van der Waals surface area (Å²) >= 11 is 0. The molecule has 10 heteroatoms. The van der Waals surface area contributed by atoms with Gasteiger partial charge in [-0.1, -0.05) is 12.1 Å². The maximum absolute atomic E-state index is 13.8. The minimum Gasteiger partial charge on any atom is -0.495 e. The van der Waals surface area contributed by atoms with E-state index in [-0.39, 0.29) is 18.4 Å². The lowest BCUT2D eigenvalue weighted by Crippen LogP contribution is -2.95. The van der Waals surface area contributed by atoms with Gasteiger partial charge in [0.05, 0.1) is 33.1 Å². The van der Waals surface area contributed by atoms with Crippen LogP contribution in [-0.4, -0.2) is 92.7 Å². The Balaban J connectivity index is 1.65. The number of piperidine rings is 1. The Bertz CT molecular complexity index is 1160. The zero-order chi connectivity index (χ0) is 24.5. The number of hydrogen-bond acceptors (Lipinski definition) is 9. The number of fused-ring (bicyclic) bond motifs is 3. The summed E-state index contributed by atoms with van der Waals surface area (Å²) in [5.74, 6) is -0.317. The maximum Gasteiger partial charge on any atom is 0.414 e. The molecule has 5 aliphatic heterocycles. The van der Waals surface area contributed by atoms with E-state index < -0.39 is 40.1 Å². The molecule has 3 saturated carbocycles. The topological polar surface area (TPSA) is 107 Å². The monoisotopic (exact) mass is 486 g/mol. The Hall–Kier alpha value is -2.40. The highest BCUT2D eigenvalue weighted by molar-refractivity contribution is 6.01. The first-order chi connectivity index (χ1) is 16.8. The number of hydrogen-bond donors (Lipinski definition) is 1. The number of rotatable bonds is 3. The summed E-state index contributed by atoms with van der Waals surface area (Å²) in [6, 6.07) is 5.60. The van der Waals surface area contributed by atoms with E-state index in [9.17, 15) is 14.7 Å². The Morgan fingerprint density at radius 1 is 1.11 bits per heavy atom. The van der Waals surface area contributed by atoms with E-state index in [1.54, 1.807) is 20.3 Å². The standard InChI is InChI=1S/C25H30N2O8/c1-31-14-7-5-6-13-17(14)27(21(29)34-4)24-9-8-22-15(32-2)12-16(26-11-10-23(13,24)18(22)26)35-19(22)25(24,30)20(28)33-3/h5-7,15-16,18-19,30H,8-12H2,1-4H3/t15-,16-,18-,19+,22+,23+,24-,25+/m0/s1. The van der Waals surface area contributed by atoms with Crippen LogP contribution in [0.2, 0.25) is 0 Å². The van der Waals surface area contributed by atoms with Crippen molar-refractivity contribution in [2.45, 2.75) is 66.7 Å². The van der Waals surface area contributed by atoms with E-state index in [0.717, 1.165) is 5.56 Å². The van der Waals surface area contributed by atoms with Gasteiger partial charge in [0, 0.05) is 36.9 Å². The van der Waals surface area contributed by atoms with Crippen LogP contribution >= 0.6 is 0 Å². The van der Waals surface area contributed by atoms with Crippen molar-refractivity contribution in [1.82, 2.24) is 4.90 Å². The lowest BCUT2D eigenvalue weighted by atomic mass is 9.35. The molecule has 1 aromatic carbocycles. The van der Waals surface area contributed by atoms with E-state index in [4.69, 9.17) is 23.7 Å². The molecular formula is C25H30N2O8. The van der Waals surface area contributed by atoms with Crippen LogP contribution < -0.4 is 9.64 Å². The lowest BCUT2D eigenvalue weighted by Gasteiger charge is -2.78. The molecule has 0 unspecified atom stereocenters. The lowest BCUT2D eigenvalue weighted by molar-refractivity contribution is -0.391. The highest BCUT2D eigenvalue weighted by atomic mass is 16.6. The molecule has 3 aliphatic carbocycles. The molecule has 8 atom stereocenters. The van der Waals surface area contributed by atoms with Crippen molar-refractivity contribution < 1.29 is 38.4 Å². The highest BCUT2D eigenvalue weighted by Gasteiger charge is 2.94. The van der Waals surface area contributed by atoms with E-state index in [1.165, 1.54) is 19.1 Å². The molecule has 188 valence electrons. The van der Waals surface area contributed by atoms with Crippen molar-refractivity contribution >= 4 is 17.7 Å². The van der Waals surface area contributed by atoms with Crippen LogP contribution in [0.5, 0.6) is 5.75 Å². The van der Waals surface area contributed by atoms with Crippen molar-refractivity contribution in [2.75, 3.05) is 39.9 Å². The second-order valence-corrected chi connectivity index (χ2v) is 10.7. The van der Waals surface area contributed by atoms with Crippen LogP contribution in [0.15, 0.2) is 18.2 Å². The smallest absolute Gasteiger partial charge is 0.414 e. The van der Waals surface area contributed by atoms with Gasteiger partial charge in [0.1, 0.15) is 23.6 Å². The SMILES string of the molecule is COC(=O)N1c2c(OC)cccc2[C@@]23CCN4[C@@H]5C[C@H](OC)[C@]6(CC[C@]12[C@](O)(C(=O)OC)[C@@H]6O5)[C@H]43. The molecule has 9 rings (SSSR count). The molecule has 0 aromatic heterocycles. The van der Waals surface area contributed by atoms with E-state index in [1.807, 2.05) is 12.1 Å². The first kappa shape index (κ1) is 21.8. The van der Waals surface area contributed by atoms with Crippen LogP contribution in [0.4, 0.5) is 10.5 Å². The number of esters is 1. The second-order valence-electron chi connectivity index (χ2n) is 10.7. The summed E-state index contributed by atoms with van der Waals surface area (Å²) in [6.45, 7) is 0.713. The van der Waals surface area contributed by atoms with Gasteiger partial charge in [0.2, 0.25) is 5.60 Å². The first-order valence-electron chi connectivity index (χ1n) is 12.2. The van der Waals surface area contributed by atoms with E-state index >= 15 is 0 Å². The number of aliphatic hydroxyl groups is 1. The average Bonchev–Trinajstić information content (AvgIpc) is 3.45. The van der Waals surface area contributed by atoms with Crippen LogP contribution in [0.1, 0.15) is 31.2 Å². The van der Waals surface area contributed by atoms with E-state index in [2.05, 4.69) is 4.90 Å². The summed E-state index contributed by atoms with van der Waals surface area (Å²) in [5, 5.41) is 12.8. The molecule has 4 saturated heterocycles.